The van der Waals surface area contributed by atoms with Gasteiger partial charge in [0.15, 0.2) is 5.82 Å². The Kier molecular flexibility index (Phi) is 5.88. The van der Waals surface area contributed by atoms with Crippen LogP contribution in [0.4, 0.5) is 26.4 Å². The van der Waals surface area contributed by atoms with E-state index in [0.29, 0.717) is 16.9 Å². The highest BCUT2D eigenvalue weighted by Crippen LogP contribution is 2.22. The Morgan fingerprint density at radius 3 is 2.27 bits per heavy atom. The van der Waals surface area contributed by atoms with Crippen LogP contribution < -0.4 is 15.5 Å². The van der Waals surface area contributed by atoms with Crippen LogP contribution in [-0.4, -0.2) is 29.3 Å². The number of hydrogen-bond donors (Lipinski definition) is 2. The minimum Gasteiger partial charge on any atom is -0.355 e. The number of hydrogen-bond acceptors (Lipinski definition) is 4. The first-order valence-electron chi connectivity index (χ1n) is 10.1. The monoisotopic (exact) mass is 405 g/mol. The molecule has 1 fully saturated rings. The molecule has 2 amide bonds. The third-order valence-electron chi connectivity index (χ3n) is 5.20. The Bertz CT molecular complexity index is 1010. The molecule has 154 valence electrons. The van der Waals surface area contributed by atoms with Crippen molar-refractivity contribution < 1.29 is 9.18 Å². The van der Waals surface area contributed by atoms with Gasteiger partial charge in [0.2, 0.25) is 0 Å². The first-order valence-corrected chi connectivity index (χ1v) is 10.1. The maximum atomic E-state index is 13.6. The number of nitrogens with zero attached hydrogens (tertiary/aromatic N) is 3. The van der Waals surface area contributed by atoms with Gasteiger partial charge in [-0.2, -0.15) is 0 Å². The number of carbonyl (C=O) groups excluding carboxylic acids is 1. The second-order valence-corrected chi connectivity index (χ2v) is 7.44. The number of carbonyl (C=O) groups is 1. The molecule has 1 aliphatic rings. The minimum absolute atomic E-state index is 0.357. The van der Waals surface area contributed by atoms with E-state index in [1.54, 1.807) is 31.2 Å². The molecule has 0 aliphatic carbocycles. The smallest absolute Gasteiger partial charge is 0.323 e. The van der Waals surface area contributed by atoms with Gasteiger partial charge in [0.25, 0.3) is 0 Å². The van der Waals surface area contributed by atoms with Gasteiger partial charge in [-0.25, -0.2) is 9.18 Å². The molecular formula is C23H24FN5O. The molecule has 4 rings (SSSR count). The van der Waals surface area contributed by atoms with Crippen LogP contribution in [0.3, 0.4) is 0 Å². The second-order valence-electron chi connectivity index (χ2n) is 7.44. The van der Waals surface area contributed by atoms with Crippen molar-refractivity contribution >= 4 is 23.2 Å². The maximum Gasteiger partial charge on any atom is 0.323 e. The Hall–Kier alpha value is -3.48. The molecular weight excluding hydrogens is 381 g/mol. The van der Waals surface area contributed by atoms with E-state index in [1.807, 2.05) is 24.3 Å². The number of aryl methyl sites for hydroxylation is 1. The van der Waals surface area contributed by atoms with Gasteiger partial charge in [0.05, 0.1) is 5.69 Å². The van der Waals surface area contributed by atoms with Crippen LogP contribution in [0.1, 0.15) is 24.8 Å². The predicted molar refractivity (Wildman–Crippen MR) is 117 cm³/mol. The SMILES string of the molecule is Cc1ccc(NC(=O)Nc2ccc(-c3ccc(N4CCCCC4)nn3)cc2)cc1F. The number of anilines is 3. The Morgan fingerprint density at radius 2 is 1.60 bits per heavy atom. The summed E-state index contributed by atoms with van der Waals surface area (Å²) in [5, 5.41) is 14.1. The molecule has 0 radical (unpaired) electrons. The lowest BCUT2D eigenvalue weighted by atomic mass is 10.1. The Labute approximate surface area is 175 Å². The summed E-state index contributed by atoms with van der Waals surface area (Å²) < 4.78 is 13.6. The van der Waals surface area contributed by atoms with E-state index in [1.165, 1.54) is 25.3 Å². The number of aromatic nitrogens is 2. The van der Waals surface area contributed by atoms with Crippen LogP contribution in [0.5, 0.6) is 0 Å². The largest absolute Gasteiger partial charge is 0.355 e. The third-order valence-corrected chi connectivity index (χ3v) is 5.20. The molecule has 30 heavy (non-hydrogen) atoms. The molecule has 2 heterocycles. The van der Waals surface area contributed by atoms with Gasteiger partial charge in [0.1, 0.15) is 5.82 Å². The minimum atomic E-state index is -0.434. The number of piperidine rings is 1. The van der Waals surface area contributed by atoms with Crippen molar-refractivity contribution in [3.05, 3.63) is 66.0 Å². The summed E-state index contributed by atoms with van der Waals surface area (Å²) in [6.07, 6.45) is 3.68. The fourth-order valence-electron chi connectivity index (χ4n) is 3.46. The highest BCUT2D eigenvalue weighted by molar-refractivity contribution is 5.99. The molecule has 7 heteroatoms. The van der Waals surface area contributed by atoms with E-state index in [2.05, 4.69) is 25.7 Å². The molecule has 0 atom stereocenters. The Morgan fingerprint density at radius 1 is 0.900 bits per heavy atom. The lowest BCUT2D eigenvalue weighted by molar-refractivity contribution is 0.262. The van der Waals surface area contributed by atoms with Crippen molar-refractivity contribution in [2.75, 3.05) is 28.6 Å². The normalized spacial score (nSPS) is 13.7. The molecule has 3 aromatic rings. The fourth-order valence-corrected chi connectivity index (χ4v) is 3.46. The zero-order valence-corrected chi connectivity index (χ0v) is 16.9. The van der Waals surface area contributed by atoms with Crippen LogP contribution in [0.25, 0.3) is 11.3 Å². The standard InChI is InChI=1S/C23H24FN5O/c1-16-5-8-19(15-20(16)24)26-23(30)25-18-9-6-17(7-10-18)21-11-12-22(28-27-21)29-13-3-2-4-14-29/h5-12,15H,2-4,13-14H2,1H3,(H2,25,26,30). The molecule has 1 aromatic heterocycles. The fraction of sp³-hybridized carbons (Fsp3) is 0.261. The van der Waals surface area contributed by atoms with Crippen molar-refractivity contribution in [1.82, 2.24) is 10.2 Å². The average Bonchev–Trinajstić information content (AvgIpc) is 2.77. The van der Waals surface area contributed by atoms with Crippen LogP contribution in [0.2, 0.25) is 0 Å². The van der Waals surface area contributed by atoms with Gasteiger partial charge in [-0.1, -0.05) is 18.2 Å². The summed E-state index contributed by atoms with van der Waals surface area (Å²) in [4.78, 5) is 14.4. The van der Waals surface area contributed by atoms with Crippen LogP contribution in [-0.2, 0) is 0 Å². The van der Waals surface area contributed by atoms with E-state index < -0.39 is 6.03 Å². The first-order chi connectivity index (χ1) is 14.6. The second kappa shape index (κ2) is 8.90. The molecule has 6 nitrogen and oxygen atoms in total. The first kappa shape index (κ1) is 19.8. The van der Waals surface area contributed by atoms with Gasteiger partial charge >= 0.3 is 6.03 Å². The number of benzene rings is 2. The maximum absolute atomic E-state index is 13.6. The lowest BCUT2D eigenvalue weighted by Crippen LogP contribution is -2.30. The summed E-state index contributed by atoms with van der Waals surface area (Å²) in [6, 6.07) is 15.5. The summed E-state index contributed by atoms with van der Waals surface area (Å²) in [7, 11) is 0. The van der Waals surface area contributed by atoms with Crippen LogP contribution >= 0.6 is 0 Å². The Balaban J connectivity index is 1.37. The highest BCUT2D eigenvalue weighted by Gasteiger charge is 2.13. The van der Waals surface area contributed by atoms with E-state index in [-0.39, 0.29) is 5.82 Å². The average molecular weight is 405 g/mol. The lowest BCUT2D eigenvalue weighted by Gasteiger charge is -2.27. The third kappa shape index (κ3) is 4.74. The van der Waals surface area contributed by atoms with E-state index in [9.17, 15) is 9.18 Å². The van der Waals surface area contributed by atoms with Gasteiger partial charge < -0.3 is 15.5 Å². The summed E-state index contributed by atoms with van der Waals surface area (Å²) in [6.45, 7) is 3.74. The summed E-state index contributed by atoms with van der Waals surface area (Å²) in [5.74, 6) is 0.561. The van der Waals surface area contributed by atoms with Crippen molar-refractivity contribution in [2.45, 2.75) is 26.2 Å². The molecule has 0 spiro atoms. The zero-order valence-electron chi connectivity index (χ0n) is 16.9. The molecule has 2 N–H and O–H groups in total. The molecule has 2 aromatic carbocycles. The molecule has 0 bridgehead atoms. The molecule has 1 aliphatic heterocycles. The van der Waals surface area contributed by atoms with Crippen molar-refractivity contribution in [2.24, 2.45) is 0 Å². The number of rotatable bonds is 4. The van der Waals surface area contributed by atoms with E-state index in [4.69, 9.17) is 0 Å². The predicted octanol–water partition coefficient (Wildman–Crippen LogP) is 5.23. The van der Waals surface area contributed by atoms with Crippen LogP contribution in [0, 0.1) is 12.7 Å². The molecule has 0 unspecified atom stereocenters. The number of urea groups is 1. The van der Waals surface area contributed by atoms with Crippen LogP contribution in [0.15, 0.2) is 54.6 Å². The topological polar surface area (TPSA) is 70.2 Å². The van der Waals surface area contributed by atoms with Gasteiger partial charge in [-0.15, -0.1) is 10.2 Å². The quantitative estimate of drug-likeness (QED) is 0.624. The van der Waals surface area contributed by atoms with Gasteiger partial charge in [-0.3, -0.25) is 0 Å². The highest BCUT2D eigenvalue weighted by atomic mass is 19.1. The van der Waals surface area contributed by atoms with Gasteiger partial charge in [0, 0.05) is 30.0 Å². The summed E-state index contributed by atoms with van der Waals surface area (Å²) >= 11 is 0. The molecule has 1 saturated heterocycles. The van der Waals surface area contributed by atoms with Crippen molar-refractivity contribution in [3.8, 4) is 11.3 Å². The van der Waals surface area contributed by atoms with Crippen molar-refractivity contribution in [1.29, 1.82) is 0 Å². The number of nitrogens with one attached hydrogen (secondary N) is 2. The van der Waals surface area contributed by atoms with E-state index >= 15 is 0 Å². The van der Waals surface area contributed by atoms with Gasteiger partial charge in [-0.05, 0) is 68.1 Å². The zero-order chi connectivity index (χ0) is 20.9. The van der Waals surface area contributed by atoms with E-state index in [0.717, 1.165) is 30.2 Å². The molecule has 0 saturated carbocycles. The van der Waals surface area contributed by atoms with Crippen molar-refractivity contribution in [3.63, 3.8) is 0 Å². The number of halogens is 1. The number of amides is 2. The summed E-state index contributed by atoms with van der Waals surface area (Å²) in [5.41, 5.74) is 3.25.